The number of hydrogen-bond donors (Lipinski definition) is 3. The topological polar surface area (TPSA) is 149 Å². The molecule has 11 nitrogen and oxygen atoms in total. The van der Waals surface area contributed by atoms with Crippen molar-refractivity contribution in [3.63, 3.8) is 0 Å². The van der Waals surface area contributed by atoms with Crippen LogP contribution in [0.2, 0.25) is 0 Å². The lowest BCUT2D eigenvalue weighted by atomic mass is 10.3. The largest absolute Gasteiger partial charge is 0.484 e. The fraction of sp³-hybridized carbons (Fsp3) is 0.286. The summed E-state index contributed by atoms with van der Waals surface area (Å²) in [4.78, 5) is 43.9. The predicted molar refractivity (Wildman–Crippen MR) is 91.9 cm³/mol. The molecule has 0 heterocycles. The van der Waals surface area contributed by atoms with Gasteiger partial charge in [-0.3, -0.25) is 35.3 Å². The number of nitrogens with zero attached hydrogens (tertiary/aromatic N) is 1. The standard InChI is InChI=1S/C14H16N4O7S/c1-24-13(21)7-6-11(19)15-14(26)17-16-12(20)8-25-10-4-2-9(3-5-10)18(22)23/h2-5H,6-8H2,1H3,(H,16,20)(H2,15,17,19,26). The van der Waals surface area contributed by atoms with Crippen molar-refractivity contribution in [2.24, 2.45) is 0 Å². The summed E-state index contributed by atoms with van der Waals surface area (Å²) in [7, 11) is 1.21. The molecule has 26 heavy (non-hydrogen) atoms. The Morgan fingerprint density at radius 2 is 1.77 bits per heavy atom. The number of amides is 2. The van der Waals surface area contributed by atoms with Crippen molar-refractivity contribution in [2.75, 3.05) is 13.7 Å². The first-order valence-electron chi connectivity index (χ1n) is 7.14. The Labute approximate surface area is 153 Å². The molecule has 0 spiro atoms. The zero-order chi connectivity index (χ0) is 19.5. The average molecular weight is 384 g/mol. The number of nitrogens with one attached hydrogen (secondary N) is 3. The van der Waals surface area contributed by atoms with E-state index in [1.165, 1.54) is 31.4 Å². The van der Waals surface area contributed by atoms with Gasteiger partial charge in [0.25, 0.3) is 11.6 Å². The van der Waals surface area contributed by atoms with Crippen LogP contribution in [0, 0.1) is 10.1 Å². The van der Waals surface area contributed by atoms with Gasteiger partial charge < -0.3 is 14.8 Å². The molecule has 0 atom stereocenters. The minimum Gasteiger partial charge on any atom is -0.484 e. The number of esters is 1. The highest BCUT2D eigenvalue weighted by Gasteiger charge is 2.10. The second-order valence-corrected chi connectivity index (χ2v) is 5.07. The average Bonchev–Trinajstić information content (AvgIpc) is 2.62. The van der Waals surface area contributed by atoms with Gasteiger partial charge in [-0.15, -0.1) is 0 Å². The number of thiocarbonyl (C=S) groups is 1. The molecule has 1 rings (SSSR count). The third-order valence-corrected chi connectivity index (χ3v) is 2.97. The van der Waals surface area contributed by atoms with Crippen LogP contribution in [0.5, 0.6) is 5.75 Å². The van der Waals surface area contributed by atoms with Gasteiger partial charge in [-0.1, -0.05) is 0 Å². The Kier molecular flexibility index (Phi) is 8.43. The van der Waals surface area contributed by atoms with E-state index < -0.39 is 22.7 Å². The maximum Gasteiger partial charge on any atom is 0.306 e. The minimum absolute atomic E-state index is 0.0968. The first-order valence-corrected chi connectivity index (χ1v) is 7.55. The number of methoxy groups -OCH3 is 1. The molecule has 1 aromatic rings. The lowest BCUT2D eigenvalue weighted by Gasteiger charge is -2.11. The summed E-state index contributed by atoms with van der Waals surface area (Å²) in [5, 5.41) is 12.6. The second-order valence-electron chi connectivity index (χ2n) is 4.67. The Hall–Kier alpha value is -3.28. The molecule has 12 heteroatoms. The van der Waals surface area contributed by atoms with Gasteiger partial charge >= 0.3 is 5.97 Å². The molecule has 0 saturated heterocycles. The molecule has 1 aromatic carbocycles. The highest BCUT2D eigenvalue weighted by atomic mass is 32.1. The van der Waals surface area contributed by atoms with Crippen molar-refractivity contribution < 1.29 is 28.8 Å². The van der Waals surface area contributed by atoms with E-state index in [1.807, 2.05) is 0 Å². The quantitative estimate of drug-likeness (QED) is 0.254. The zero-order valence-corrected chi connectivity index (χ0v) is 14.5. The smallest absolute Gasteiger partial charge is 0.306 e. The number of hydrazine groups is 1. The molecule has 0 aliphatic carbocycles. The normalized spacial score (nSPS) is 9.58. The molecule has 0 saturated carbocycles. The summed E-state index contributed by atoms with van der Waals surface area (Å²) in [5.74, 6) is -1.39. The number of hydrogen-bond acceptors (Lipinski definition) is 8. The molecule has 0 bridgehead atoms. The van der Waals surface area contributed by atoms with Crippen LogP contribution in [0.1, 0.15) is 12.8 Å². The Bertz CT molecular complexity index is 693. The second kappa shape index (κ2) is 10.6. The number of carbonyl (C=O) groups excluding carboxylic acids is 3. The van der Waals surface area contributed by atoms with Gasteiger partial charge in [0, 0.05) is 18.6 Å². The van der Waals surface area contributed by atoms with Crippen molar-refractivity contribution in [2.45, 2.75) is 12.8 Å². The van der Waals surface area contributed by atoms with E-state index in [2.05, 4.69) is 20.9 Å². The summed E-state index contributed by atoms with van der Waals surface area (Å²) in [6.45, 7) is -0.385. The highest BCUT2D eigenvalue weighted by Crippen LogP contribution is 2.16. The van der Waals surface area contributed by atoms with E-state index in [9.17, 15) is 24.5 Å². The summed E-state index contributed by atoms with van der Waals surface area (Å²) in [6, 6.07) is 5.19. The molecule has 3 N–H and O–H groups in total. The van der Waals surface area contributed by atoms with E-state index in [4.69, 9.17) is 17.0 Å². The van der Waals surface area contributed by atoms with Crippen LogP contribution < -0.4 is 20.9 Å². The van der Waals surface area contributed by atoms with Gasteiger partial charge in [0.15, 0.2) is 11.7 Å². The maximum absolute atomic E-state index is 11.6. The van der Waals surface area contributed by atoms with Crippen LogP contribution in [-0.2, 0) is 19.1 Å². The molecule has 2 amide bonds. The third kappa shape index (κ3) is 8.01. The van der Waals surface area contributed by atoms with E-state index in [-0.39, 0.29) is 36.0 Å². The van der Waals surface area contributed by atoms with Gasteiger partial charge in [0.05, 0.1) is 18.5 Å². The van der Waals surface area contributed by atoms with Crippen LogP contribution in [0.15, 0.2) is 24.3 Å². The number of benzene rings is 1. The zero-order valence-electron chi connectivity index (χ0n) is 13.6. The van der Waals surface area contributed by atoms with Crippen LogP contribution in [-0.4, -0.2) is 41.5 Å². The first-order chi connectivity index (χ1) is 12.3. The molecule has 0 aliphatic heterocycles. The maximum atomic E-state index is 11.6. The van der Waals surface area contributed by atoms with E-state index in [0.717, 1.165) is 0 Å². The molecular weight excluding hydrogens is 368 g/mol. The van der Waals surface area contributed by atoms with Crippen molar-refractivity contribution >= 4 is 40.8 Å². The summed E-state index contributed by atoms with van der Waals surface area (Å²) >= 11 is 4.79. The minimum atomic E-state index is -0.602. The third-order valence-electron chi connectivity index (χ3n) is 2.77. The van der Waals surface area contributed by atoms with Crippen LogP contribution >= 0.6 is 12.2 Å². The van der Waals surface area contributed by atoms with E-state index in [1.54, 1.807) is 0 Å². The number of rotatable bonds is 7. The summed E-state index contributed by atoms with van der Waals surface area (Å²) < 4.78 is 9.53. The number of non-ortho nitro benzene ring substituents is 1. The van der Waals surface area contributed by atoms with Crippen LogP contribution in [0.3, 0.4) is 0 Å². The molecular formula is C14H16N4O7S. The number of nitro benzene ring substituents is 1. The number of ether oxygens (including phenoxy) is 2. The first kappa shape index (κ1) is 20.8. The van der Waals surface area contributed by atoms with Crippen molar-refractivity contribution in [1.29, 1.82) is 0 Å². The Morgan fingerprint density at radius 1 is 1.12 bits per heavy atom. The molecule has 0 unspecified atom stereocenters. The summed E-state index contributed by atoms with van der Waals surface area (Å²) in [5.41, 5.74) is 4.38. The van der Waals surface area contributed by atoms with E-state index in [0.29, 0.717) is 0 Å². The Balaban J connectivity index is 2.26. The van der Waals surface area contributed by atoms with Crippen molar-refractivity contribution in [1.82, 2.24) is 16.2 Å². The molecule has 0 aliphatic rings. The van der Waals surface area contributed by atoms with Gasteiger partial charge in [-0.2, -0.15) is 0 Å². The lowest BCUT2D eigenvalue weighted by Crippen LogP contribution is -2.49. The van der Waals surface area contributed by atoms with Gasteiger partial charge in [-0.25, -0.2) is 0 Å². The van der Waals surface area contributed by atoms with Crippen LogP contribution in [0.4, 0.5) is 5.69 Å². The van der Waals surface area contributed by atoms with Crippen molar-refractivity contribution in [3.8, 4) is 5.75 Å². The number of nitro groups is 1. The molecule has 0 fully saturated rings. The highest BCUT2D eigenvalue weighted by molar-refractivity contribution is 7.80. The van der Waals surface area contributed by atoms with E-state index >= 15 is 0 Å². The van der Waals surface area contributed by atoms with Gasteiger partial charge in [0.1, 0.15) is 5.75 Å². The van der Waals surface area contributed by atoms with Crippen LogP contribution in [0.25, 0.3) is 0 Å². The predicted octanol–water partition coefficient (Wildman–Crippen LogP) is -0.0513. The van der Waals surface area contributed by atoms with Gasteiger partial charge in [0.2, 0.25) is 5.91 Å². The molecule has 0 radical (unpaired) electrons. The fourth-order valence-electron chi connectivity index (χ4n) is 1.51. The molecule has 0 aromatic heterocycles. The number of carbonyl (C=O) groups is 3. The SMILES string of the molecule is COC(=O)CCC(=O)NC(=S)NNC(=O)COc1ccc([N+](=O)[O-])cc1. The summed E-state index contributed by atoms with van der Waals surface area (Å²) in [6.07, 6.45) is -0.216. The molecule has 140 valence electrons. The lowest BCUT2D eigenvalue weighted by molar-refractivity contribution is -0.384. The van der Waals surface area contributed by atoms with Gasteiger partial charge in [-0.05, 0) is 24.4 Å². The monoisotopic (exact) mass is 384 g/mol. The van der Waals surface area contributed by atoms with Crippen molar-refractivity contribution in [3.05, 3.63) is 34.4 Å². The Morgan fingerprint density at radius 3 is 2.35 bits per heavy atom. The fourth-order valence-corrected chi connectivity index (χ4v) is 1.68.